The van der Waals surface area contributed by atoms with Crippen LogP contribution < -0.4 is 15.4 Å². The zero-order valence-electron chi connectivity index (χ0n) is 20.2. The predicted molar refractivity (Wildman–Crippen MR) is 147 cm³/mol. The van der Waals surface area contributed by atoms with E-state index in [1.807, 2.05) is 61.5 Å². The second kappa shape index (κ2) is 9.75. The number of nitrogens with one attached hydrogen (secondary N) is 2. The Balaban J connectivity index is 1.35. The minimum Gasteiger partial charge on any atom is -0.496 e. The number of carbonyl (C=O) groups is 1. The molecule has 0 bridgehead atoms. The van der Waals surface area contributed by atoms with Crippen molar-refractivity contribution >= 4 is 50.7 Å². The van der Waals surface area contributed by atoms with E-state index in [0.29, 0.717) is 16.8 Å². The molecule has 36 heavy (non-hydrogen) atoms. The Hall–Kier alpha value is -4.30. The Morgan fingerprint density at radius 2 is 1.64 bits per heavy atom. The molecular weight excluding hydrogens is 470 g/mol. The molecule has 5 rings (SSSR count). The highest BCUT2D eigenvalue weighted by atomic mass is 32.1. The van der Waals surface area contributed by atoms with Gasteiger partial charge in [0.25, 0.3) is 5.91 Å². The number of carbonyl (C=O) groups excluding carboxylic acids is 1. The summed E-state index contributed by atoms with van der Waals surface area (Å²) in [5.41, 5.74) is 5.71. The third kappa shape index (κ3) is 4.63. The van der Waals surface area contributed by atoms with Crippen molar-refractivity contribution in [2.24, 2.45) is 0 Å². The number of ether oxygens (including phenoxy) is 1. The Morgan fingerprint density at radius 3 is 2.31 bits per heavy atom. The molecule has 0 fully saturated rings. The number of nitrogens with zero attached hydrogens (tertiary/aromatic N) is 3. The maximum Gasteiger partial charge on any atom is 0.261 e. The summed E-state index contributed by atoms with van der Waals surface area (Å²) in [5, 5.41) is 17.2. The molecule has 0 aliphatic carbocycles. The summed E-state index contributed by atoms with van der Waals surface area (Å²) in [6, 6.07) is 23.4. The highest BCUT2D eigenvalue weighted by Gasteiger charge is 2.16. The second-order valence-electron chi connectivity index (χ2n) is 8.47. The van der Waals surface area contributed by atoms with Gasteiger partial charge in [0.2, 0.25) is 0 Å². The summed E-state index contributed by atoms with van der Waals surface area (Å²) < 4.78 is 5.45. The normalized spacial score (nSPS) is 11.0. The standard InChI is InChI=1S/C28H25N5O2S/c1-4-18-9-11-21(12-10-18)33-31-24-13-17(2)23(16-25(24)32-33)29-28(36)30-27(34)22-14-19-7-5-6-8-20(19)15-26(22)35-3/h5-16H,4H2,1-3H3,(H2,29,30,34,36). The maximum absolute atomic E-state index is 13.0. The minimum absolute atomic E-state index is 0.181. The van der Waals surface area contributed by atoms with Crippen LogP contribution in [0.25, 0.3) is 27.5 Å². The number of methoxy groups -OCH3 is 1. The van der Waals surface area contributed by atoms with Crippen LogP contribution in [-0.2, 0) is 6.42 Å². The molecule has 2 N–H and O–H groups in total. The lowest BCUT2D eigenvalue weighted by molar-refractivity contribution is 0.0975. The van der Waals surface area contributed by atoms with Gasteiger partial charge in [-0.3, -0.25) is 10.1 Å². The fourth-order valence-electron chi connectivity index (χ4n) is 4.07. The molecule has 5 aromatic rings. The molecule has 4 aromatic carbocycles. The quantitative estimate of drug-likeness (QED) is 0.310. The first-order chi connectivity index (χ1) is 17.4. The van der Waals surface area contributed by atoms with E-state index in [2.05, 4.69) is 39.9 Å². The number of fused-ring (bicyclic) bond motifs is 2. The SMILES string of the molecule is CCc1ccc(-n2nc3cc(C)c(NC(=S)NC(=O)c4cc5ccccc5cc4OC)cc3n2)cc1. The number of thiocarbonyl (C=S) groups is 1. The van der Waals surface area contributed by atoms with Gasteiger partial charge in [-0.15, -0.1) is 10.2 Å². The van der Waals surface area contributed by atoms with E-state index in [0.717, 1.165) is 39.6 Å². The predicted octanol–water partition coefficient (Wildman–Crippen LogP) is 5.58. The van der Waals surface area contributed by atoms with Crippen LogP contribution in [-0.4, -0.2) is 33.1 Å². The van der Waals surface area contributed by atoms with Crippen LogP contribution in [0, 0.1) is 6.92 Å². The minimum atomic E-state index is -0.352. The molecule has 0 radical (unpaired) electrons. The van der Waals surface area contributed by atoms with Crippen LogP contribution in [0.1, 0.15) is 28.4 Å². The number of benzene rings is 4. The fraction of sp³-hybridized carbons (Fsp3) is 0.143. The lowest BCUT2D eigenvalue weighted by Gasteiger charge is -2.14. The Labute approximate surface area is 214 Å². The summed E-state index contributed by atoms with van der Waals surface area (Å²) in [5.74, 6) is 0.130. The molecule has 1 amide bonds. The van der Waals surface area contributed by atoms with Gasteiger partial charge in [0.05, 0.1) is 18.4 Å². The second-order valence-corrected chi connectivity index (χ2v) is 8.88. The number of hydrogen-bond donors (Lipinski definition) is 2. The Morgan fingerprint density at radius 1 is 0.972 bits per heavy atom. The van der Waals surface area contributed by atoms with E-state index in [1.165, 1.54) is 5.56 Å². The fourth-order valence-corrected chi connectivity index (χ4v) is 4.28. The van der Waals surface area contributed by atoms with E-state index >= 15 is 0 Å². The first-order valence-electron chi connectivity index (χ1n) is 11.6. The number of hydrogen-bond acceptors (Lipinski definition) is 5. The van der Waals surface area contributed by atoms with Gasteiger partial charge in [0.1, 0.15) is 16.8 Å². The van der Waals surface area contributed by atoms with Gasteiger partial charge in [-0.25, -0.2) is 0 Å². The van der Waals surface area contributed by atoms with Crippen molar-refractivity contribution in [3.05, 3.63) is 89.5 Å². The van der Waals surface area contributed by atoms with Crippen LogP contribution in [0.3, 0.4) is 0 Å². The lowest BCUT2D eigenvalue weighted by atomic mass is 10.1. The number of rotatable bonds is 5. The molecule has 7 nitrogen and oxygen atoms in total. The van der Waals surface area contributed by atoms with Crippen LogP contribution in [0.2, 0.25) is 0 Å². The molecule has 1 aromatic heterocycles. The van der Waals surface area contributed by atoms with Crippen LogP contribution in [0.15, 0.2) is 72.8 Å². The van der Waals surface area contributed by atoms with Crippen LogP contribution >= 0.6 is 12.2 Å². The summed E-state index contributed by atoms with van der Waals surface area (Å²) in [6.07, 6.45) is 0.979. The van der Waals surface area contributed by atoms with Gasteiger partial charge in [-0.2, -0.15) is 4.80 Å². The summed E-state index contributed by atoms with van der Waals surface area (Å²) in [6.45, 7) is 4.07. The van der Waals surface area contributed by atoms with E-state index < -0.39 is 0 Å². The van der Waals surface area contributed by atoms with Crippen molar-refractivity contribution in [3.63, 3.8) is 0 Å². The maximum atomic E-state index is 13.0. The number of aromatic nitrogens is 3. The molecule has 0 atom stereocenters. The highest BCUT2D eigenvalue weighted by Crippen LogP contribution is 2.26. The average Bonchev–Trinajstić information content (AvgIpc) is 3.30. The smallest absolute Gasteiger partial charge is 0.261 e. The van der Waals surface area contributed by atoms with E-state index in [4.69, 9.17) is 17.0 Å². The zero-order valence-corrected chi connectivity index (χ0v) is 21.0. The van der Waals surface area contributed by atoms with E-state index in [9.17, 15) is 4.79 Å². The number of amides is 1. The molecule has 0 spiro atoms. The zero-order chi connectivity index (χ0) is 25.2. The molecule has 0 saturated carbocycles. The Bertz CT molecular complexity index is 1610. The monoisotopic (exact) mass is 495 g/mol. The third-order valence-electron chi connectivity index (χ3n) is 6.09. The molecule has 0 unspecified atom stereocenters. The topological polar surface area (TPSA) is 81.1 Å². The molecule has 0 aliphatic heterocycles. The highest BCUT2D eigenvalue weighted by molar-refractivity contribution is 7.80. The molecule has 0 aliphatic rings. The number of aryl methyl sites for hydroxylation is 2. The first kappa shape index (κ1) is 23.4. The molecule has 180 valence electrons. The summed E-state index contributed by atoms with van der Waals surface area (Å²) in [4.78, 5) is 14.7. The van der Waals surface area contributed by atoms with Gasteiger partial charge in [-0.05, 0) is 83.9 Å². The van der Waals surface area contributed by atoms with Crippen molar-refractivity contribution < 1.29 is 9.53 Å². The number of anilines is 1. The first-order valence-corrected chi connectivity index (χ1v) is 12.0. The largest absolute Gasteiger partial charge is 0.496 e. The lowest BCUT2D eigenvalue weighted by Crippen LogP contribution is -2.34. The van der Waals surface area contributed by atoms with Crippen molar-refractivity contribution in [2.45, 2.75) is 20.3 Å². The molecule has 0 saturated heterocycles. The van der Waals surface area contributed by atoms with Crippen molar-refractivity contribution in [1.82, 2.24) is 20.3 Å². The summed E-state index contributed by atoms with van der Waals surface area (Å²) >= 11 is 5.45. The Kier molecular flexibility index (Phi) is 6.35. The van der Waals surface area contributed by atoms with Gasteiger partial charge >= 0.3 is 0 Å². The van der Waals surface area contributed by atoms with Gasteiger partial charge in [0, 0.05) is 5.69 Å². The molecule has 1 heterocycles. The van der Waals surface area contributed by atoms with Gasteiger partial charge in [-0.1, -0.05) is 43.3 Å². The van der Waals surface area contributed by atoms with Gasteiger partial charge < -0.3 is 10.1 Å². The third-order valence-corrected chi connectivity index (χ3v) is 6.29. The summed E-state index contributed by atoms with van der Waals surface area (Å²) in [7, 11) is 1.54. The van der Waals surface area contributed by atoms with Crippen molar-refractivity contribution in [3.8, 4) is 11.4 Å². The molecule has 8 heteroatoms. The van der Waals surface area contributed by atoms with Crippen LogP contribution in [0.5, 0.6) is 5.75 Å². The average molecular weight is 496 g/mol. The van der Waals surface area contributed by atoms with Gasteiger partial charge in [0.15, 0.2) is 5.11 Å². The van der Waals surface area contributed by atoms with Crippen LogP contribution in [0.4, 0.5) is 5.69 Å². The molecular formula is C28H25N5O2S. The van der Waals surface area contributed by atoms with E-state index in [-0.39, 0.29) is 11.0 Å². The van der Waals surface area contributed by atoms with Crippen molar-refractivity contribution in [1.29, 1.82) is 0 Å². The van der Waals surface area contributed by atoms with E-state index in [1.54, 1.807) is 18.0 Å². The van der Waals surface area contributed by atoms with Crippen molar-refractivity contribution in [2.75, 3.05) is 12.4 Å².